The van der Waals surface area contributed by atoms with Gasteiger partial charge in [-0.2, -0.15) is 5.10 Å². The number of unbranched alkanes of at least 4 members (excludes halogenated alkanes) is 7. The number of aryl methyl sites for hydroxylation is 1. The highest BCUT2D eigenvalue weighted by molar-refractivity contribution is 7.92. The summed E-state index contributed by atoms with van der Waals surface area (Å²) in [5, 5.41) is 17.2. The van der Waals surface area contributed by atoms with Gasteiger partial charge in [-0.25, -0.2) is 28.4 Å². The van der Waals surface area contributed by atoms with Crippen molar-refractivity contribution in [1.82, 2.24) is 35.4 Å². The number of nitrogens with one attached hydrogen (secondary N) is 3. The maximum absolute atomic E-state index is 14.4. The fourth-order valence-corrected chi connectivity index (χ4v) is 10.1. The number of fused-ring (bicyclic) bond motifs is 2. The number of ether oxygens (including phenoxy) is 1. The van der Waals surface area contributed by atoms with Crippen LogP contribution in [0.15, 0.2) is 41.6 Å². The SMILES string of the molecule is CCCCCCCCCCC(=O)N(c1cccc2c1CN(C1CCC(=O)NC1=O)C2=O)N1CCC(COc2cc3ncnc(Nc4n[nH]c(C)c4C)c3cc2S(=O)(=O)C(C)(C)C)CC1. The first-order valence-electron chi connectivity index (χ1n) is 22.9. The van der Waals surface area contributed by atoms with Crippen molar-refractivity contribution in [3.05, 3.63) is 59.0 Å². The molecular weight excluding hydrogens is 835 g/mol. The molecule has 0 saturated carbocycles. The summed E-state index contributed by atoms with van der Waals surface area (Å²) in [7, 11) is -3.90. The Morgan fingerprint density at radius 2 is 1.67 bits per heavy atom. The number of carbonyl (C=O) groups excluding carboxylic acids is 4. The molecule has 3 N–H and O–H groups in total. The highest BCUT2D eigenvalue weighted by Gasteiger charge is 2.42. The molecule has 4 aromatic rings. The molecule has 4 amide bonds. The van der Waals surface area contributed by atoms with Crippen LogP contribution in [0.2, 0.25) is 0 Å². The number of piperidine rings is 2. The number of H-pyrrole nitrogens is 1. The number of aromatic nitrogens is 4. The molecule has 2 aromatic heterocycles. The van der Waals surface area contributed by atoms with E-state index in [9.17, 15) is 27.6 Å². The van der Waals surface area contributed by atoms with Crippen LogP contribution in [0.1, 0.15) is 138 Å². The number of imide groups is 1. The summed E-state index contributed by atoms with van der Waals surface area (Å²) in [6.45, 7) is 12.5. The molecule has 1 atom stereocenters. The number of anilines is 3. The van der Waals surface area contributed by atoms with Crippen molar-refractivity contribution in [2.24, 2.45) is 5.92 Å². The van der Waals surface area contributed by atoms with Gasteiger partial charge in [0.2, 0.25) is 17.7 Å². The van der Waals surface area contributed by atoms with Crippen LogP contribution in [0.25, 0.3) is 10.9 Å². The third kappa shape index (κ3) is 9.94. The Hall–Kier alpha value is -5.42. The van der Waals surface area contributed by atoms with Gasteiger partial charge in [0.15, 0.2) is 15.7 Å². The lowest BCUT2D eigenvalue weighted by Gasteiger charge is -2.40. The minimum Gasteiger partial charge on any atom is -0.492 e. The van der Waals surface area contributed by atoms with Crippen LogP contribution in [-0.4, -0.2) is 92.6 Å². The van der Waals surface area contributed by atoms with Crippen molar-refractivity contribution in [3.63, 3.8) is 0 Å². The van der Waals surface area contributed by atoms with Crippen LogP contribution in [0.3, 0.4) is 0 Å². The van der Waals surface area contributed by atoms with Crippen LogP contribution < -0.4 is 20.4 Å². The van der Waals surface area contributed by atoms with Crippen LogP contribution in [0.5, 0.6) is 5.75 Å². The minimum absolute atomic E-state index is 0.0430. The topological polar surface area (TPSA) is 200 Å². The largest absolute Gasteiger partial charge is 0.492 e. The summed E-state index contributed by atoms with van der Waals surface area (Å²) in [4.78, 5) is 63.5. The van der Waals surface area contributed by atoms with Gasteiger partial charge in [0.1, 0.15) is 28.8 Å². The van der Waals surface area contributed by atoms with E-state index in [2.05, 4.69) is 42.7 Å². The molecule has 7 rings (SSSR count). The van der Waals surface area contributed by atoms with Gasteiger partial charge in [-0.3, -0.25) is 29.6 Å². The predicted octanol–water partition coefficient (Wildman–Crippen LogP) is 7.62. The molecule has 0 bridgehead atoms. The zero-order chi connectivity index (χ0) is 45.8. The molecule has 344 valence electrons. The number of nitrogens with zero attached hydrogens (tertiary/aromatic N) is 6. The number of aromatic amines is 1. The summed E-state index contributed by atoms with van der Waals surface area (Å²) in [6, 6.07) is 7.88. The number of amides is 4. The normalized spacial score (nSPS) is 17.5. The van der Waals surface area contributed by atoms with Crippen molar-refractivity contribution in [2.45, 2.75) is 147 Å². The van der Waals surface area contributed by atoms with Crippen molar-refractivity contribution in [1.29, 1.82) is 0 Å². The number of rotatable bonds is 18. The van der Waals surface area contributed by atoms with Crippen LogP contribution in [-0.2, 0) is 30.8 Å². The molecule has 2 aromatic carbocycles. The molecule has 17 heteroatoms. The molecule has 16 nitrogen and oxygen atoms in total. The lowest BCUT2D eigenvalue weighted by molar-refractivity contribution is -0.137. The zero-order valence-corrected chi connectivity index (χ0v) is 38.9. The second-order valence-electron chi connectivity index (χ2n) is 18.4. The van der Waals surface area contributed by atoms with E-state index in [1.54, 1.807) is 50.0 Å². The second-order valence-corrected chi connectivity index (χ2v) is 21.1. The monoisotopic (exact) mass is 897 g/mol. The Labute approximate surface area is 376 Å². The highest BCUT2D eigenvalue weighted by Crippen LogP contribution is 2.39. The summed E-state index contributed by atoms with van der Waals surface area (Å²) < 4.78 is 33.7. The van der Waals surface area contributed by atoms with E-state index in [1.807, 2.05) is 19.9 Å². The highest BCUT2D eigenvalue weighted by atomic mass is 32.2. The minimum atomic E-state index is -3.90. The average molecular weight is 898 g/mol. The van der Waals surface area contributed by atoms with Gasteiger partial charge in [-0.1, -0.05) is 57.9 Å². The van der Waals surface area contributed by atoms with Gasteiger partial charge in [0.05, 0.1) is 22.6 Å². The number of hydrazine groups is 1. The van der Waals surface area contributed by atoms with Crippen molar-refractivity contribution < 1.29 is 32.3 Å². The standard InChI is InChI=1S/C47H63N9O7S/c1-7-8-9-10-11-12-13-14-18-42(58)56(37-17-15-16-33-35(37)27-55(46(33)60)38-19-20-41(57)50-45(38)59)54-23-21-32(22-24-54)28-63-39-26-36-34(25-40(39)64(61,62)47(4,5)6)44(49-29-48-36)51-43-30(2)31(3)52-53-43/h15-17,25-26,29,32,38H,7-14,18-24,27-28H2,1-6H3,(H,50,57,59)(H2,48,49,51,52,53). The quantitative estimate of drug-likeness (QED) is 0.0653. The van der Waals surface area contributed by atoms with Crippen LogP contribution >= 0.6 is 0 Å². The molecule has 0 radical (unpaired) electrons. The van der Waals surface area contributed by atoms with Crippen molar-refractivity contribution >= 4 is 61.7 Å². The Kier molecular flexibility index (Phi) is 14.4. The number of sulfone groups is 1. The van der Waals surface area contributed by atoms with Gasteiger partial charge in [-0.05, 0) is 84.4 Å². The first-order chi connectivity index (χ1) is 30.6. The van der Waals surface area contributed by atoms with E-state index in [0.29, 0.717) is 71.7 Å². The van der Waals surface area contributed by atoms with E-state index in [0.717, 1.165) is 36.9 Å². The maximum Gasteiger partial charge on any atom is 0.255 e. The van der Waals surface area contributed by atoms with Gasteiger partial charge in [0, 0.05) is 66.3 Å². The number of hydrogen-bond acceptors (Lipinski definition) is 12. The Balaban J connectivity index is 1.09. The van der Waals surface area contributed by atoms with Gasteiger partial charge in [-0.15, -0.1) is 0 Å². The summed E-state index contributed by atoms with van der Waals surface area (Å²) in [6.07, 6.45) is 12.3. The van der Waals surface area contributed by atoms with Gasteiger partial charge >= 0.3 is 0 Å². The molecule has 3 aliphatic rings. The maximum atomic E-state index is 14.4. The van der Waals surface area contributed by atoms with Crippen molar-refractivity contribution in [2.75, 3.05) is 30.0 Å². The molecule has 5 heterocycles. The average Bonchev–Trinajstić information content (AvgIpc) is 3.77. The lowest BCUT2D eigenvalue weighted by Crippen LogP contribution is -2.52. The first-order valence-corrected chi connectivity index (χ1v) is 24.4. The third-order valence-electron chi connectivity index (χ3n) is 12.9. The second kappa shape index (κ2) is 19.8. The van der Waals surface area contributed by atoms with Gasteiger partial charge in [0.25, 0.3) is 5.91 Å². The smallest absolute Gasteiger partial charge is 0.255 e. The number of benzene rings is 2. The molecule has 2 saturated heterocycles. The molecule has 0 spiro atoms. The summed E-state index contributed by atoms with van der Waals surface area (Å²) in [5.41, 5.74) is 4.08. The number of carbonyl (C=O) groups is 4. The predicted molar refractivity (Wildman–Crippen MR) is 245 cm³/mol. The Morgan fingerprint density at radius 1 is 0.953 bits per heavy atom. The molecule has 2 fully saturated rings. The molecule has 1 unspecified atom stereocenters. The fraction of sp³-hybridized carbons (Fsp3) is 0.553. The van der Waals surface area contributed by atoms with Crippen LogP contribution in [0.4, 0.5) is 17.3 Å². The van der Waals surface area contributed by atoms with Crippen LogP contribution in [0, 0.1) is 19.8 Å². The summed E-state index contributed by atoms with van der Waals surface area (Å²) >= 11 is 0. The van der Waals surface area contributed by atoms with E-state index >= 15 is 0 Å². The first kappa shape index (κ1) is 46.6. The Morgan fingerprint density at radius 3 is 2.34 bits per heavy atom. The molecule has 3 aliphatic heterocycles. The fourth-order valence-electron chi connectivity index (χ4n) is 8.76. The van der Waals surface area contributed by atoms with E-state index in [-0.39, 0.29) is 60.3 Å². The zero-order valence-electron chi connectivity index (χ0n) is 38.1. The molecular formula is C47H63N9O7S. The summed E-state index contributed by atoms with van der Waals surface area (Å²) in [5.74, 6) is 0.0828. The van der Waals surface area contributed by atoms with E-state index in [4.69, 9.17) is 4.74 Å². The third-order valence-corrected chi connectivity index (χ3v) is 15.4. The van der Waals surface area contributed by atoms with Gasteiger partial charge < -0.3 is 15.0 Å². The Bertz CT molecular complexity index is 2490. The van der Waals surface area contributed by atoms with E-state index in [1.165, 1.54) is 36.9 Å². The van der Waals surface area contributed by atoms with E-state index < -0.39 is 26.5 Å². The molecule has 64 heavy (non-hydrogen) atoms. The molecule has 0 aliphatic carbocycles. The number of hydrogen-bond donors (Lipinski definition) is 3. The van der Waals surface area contributed by atoms with Crippen molar-refractivity contribution in [3.8, 4) is 5.75 Å². The lowest BCUT2D eigenvalue weighted by atomic mass is 9.98.